The molecule has 2 aliphatic rings. The maximum atomic E-state index is 14.4. The van der Waals surface area contributed by atoms with Crippen molar-refractivity contribution in [2.75, 3.05) is 18.2 Å². The highest BCUT2D eigenvalue weighted by Crippen LogP contribution is 2.33. The molecule has 0 saturated carbocycles. The van der Waals surface area contributed by atoms with Gasteiger partial charge in [-0.15, -0.1) is 0 Å². The van der Waals surface area contributed by atoms with Gasteiger partial charge in [0.15, 0.2) is 9.84 Å². The van der Waals surface area contributed by atoms with Gasteiger partial charge in [-0.05, 0) is 5.92 Å². The van der Waals surface area contributed by atoms with Gasteiger partial charge in [-0.2, -0.15) is 0 Å². The van der Waals surface area contributed by atoms with Crippen molar-refractivity contribution in [3.63, 3.8) is 0 Å². The Labute approximate surface area is 155 Å². The van der Waals surface area contributed by atoms with Crippen LogP contribution in [-0.2, 0) is 21.2 Å². The SMILES string of the molecule is CC(C)C(C(=O)N1CCS(=O)(=O)C1)N1Cc2c(F)cnc3[nH]cc(c23)C1=O. The first-order chi connectivity index (χ1) is 12.7. The molecule has 0 aliphatic carbocycles. The third kappa shape index (κ3) is 2.78. The Morgan fingerprint density at radius 3 is 2.74 bits per heavy atom. The third-order valence-electron chi connectivity index (χ3n) is 5.13. The van der Waals surface area contributed by atoms with Gasteiger partial charge in [0.05, 0.1) is 24.1 Å². The molecule has 0 bridgehead atoms. The highest BCUT2D eigenvalue weighted by molar-refractivity contribution is 7.91. The summed E-state index contributed by atoms with van der Waals surface area (Å²) in [6.45, 7) is 3.61. The zero-order chi connectivity index (χ0) is 19.5. The van der Waals surface area contributed by atoms with Gasteiger partial charge in [-0.3, -0.25) is 9.59 Å². The molecular weight excluding hydrogens is 375 g/mol. The van der Waals surface area contributed by atoms with Crippen molar-refractivity contribution in [2.45, 2.75) is 26.4 Å². The third-order valence-corrected chi connectivity index (χ3v) is 6.64. The molecule has 1 saturated heterocycles. The van der Waals surface area contributed by atoms with E-state index in [1.165, 1.54) is 16.0 Å². The molecule has 4 rings (SSSR count). The quantitative estimate of drug-likeness (QED) is 0.833. The van der Waals surface area contributed by atoms with Crippen molar-refractivity contribution in [1.82, 2.24) is 19.8 Å². The first kappa shape index (κ1) is 17.9. The fourth-order valence-corrected chi connectivity index (χ4v) is 5.20. The van der Waals surface area contributed by atoms with Crippen molar-refractivity contribution in [1.29, 1.82) is 0 Å². The van der Waals surface area contributed by atoms with E-state index in [1.54, 1.807) is 13.8 Å². The molecule has 0 aromatic carbocycles. The summed E-state index contributed by atoms with van der Waals surface area (Å²) in [7, 11) is -3.29. The fraction of sp³-hybridized carbons (Fsp3) is 0.471. The van der Waals surface area contributed by atoms with E-state index in [2.05, 4.69) is 9.97 Å². The number of hydrogen-bond donors (Lipinski definition) is 1. The van der Waals surface area contributed by atoms with Crippen LogP contribution in [0.5, 0.6) is 0 Å². The van der Waals surface area contributed by atoms with Gasteiger partial charge >= 0.3 is 0 Å². The van der Waals surface area contributed by atoms with Crippen LogP contribution in [0, 0.1) is 11.7 Å². The number of rotatable bonds is 3. The molecule has 10 heteroatoms. The van der Waals surface area contributed by atoms with Crippen molar-refractivity contribution in [3.8, 4) is 0 Å². The fourth-order valence-electron chi connectivity index (χ4n) is 3.84. The van der Waals surface area contributed by atoms with E-state index in [0.717, 1.165) is 6.20 Å². The number of nitrogens with one attached hydrogen (secondary N) is 1. The summed E-state index contributed by atoms with van der Waals surface area (Å²) in [5.41, 5.74) is 1.00. The van der Waals surface area contributed by atoms with E-state index >= 15 is 0 Å². The highest BCUT2D eigenvalue weighted by atomic mass is 32.2. The van der Waals surface area contributed by atoms with Crippen LogP contribution in [0.4, 0.5) is 4.39 Å². The van der Waals surface area contributed by atoms with Gasteiger partial charge in [-0.25, -0.2) is 17.8 Å². The Bertz CT molecular complexity index is 1060. The predicted molar refractivity (Wildman–Crippen MR) is 94.9 cm³/mol. The molecule has 144 valence electrons. The smallest absolute Gasteiger partial charge is 0.257 e. The van der Waals surface area contributed by atoms with Crippen LogP contribution in [0.25, 0.3) is 11.0 Å². The summed E-state index contributed by atoms with van der Waals surface area (Å²) in [6.07, 6.45) is 2.56. The summed E-state index contributed by atoms with van der Waals surface area (Å²) in [5, 5.41) is 0.440. The molecule has 0 spiro atoms. The van der Waals surface area contributed by atoms with E-state index in [-0.39, 0.29) is 36.2 Å². The Morgan fingerprint density at radius 1 is 1.37 bits per heavy atom. The van der Waals surface area contributed by atoms with Crippen LogP contribution in [0.1, 0.15) is 29.8 Å². The number of pyridine rings is 1. The normalized spacial score (nSPS) is 19.9. The second-order valence-corrected chi connectivity index (χ2v) is 9.46. The zero-order valence-electron chi connectivity index (χ0n) is 14.9. The molecule has 27 heavy (non-hydrogen) atoms. The lowest BCUT2D eigenvalue weighted by atomic mass is 9.95. The summed E-state index contributed by atoms with van der Waals surface area (Å²) in [6, 6.07) is -0.878. The van der Waals surface area contributed by atoms with Crippen LogP contribution in [-0.4, -0.2) is 64.2 Å². The molecule has 1 N–H and O–H groups in total. The first-order valence-electron chi connectivity index (χ1n) is 8.64. The molecule has 2 amide bonds. The number of sulfone groups is 1. The lowest BCUT2D eigenvalue weighted by molar-refractivity contribution is -0.136. The average molecular weight is 394 g/mol. The molecule has 8 nitrogen and oxygen atoms in total. The number of carbonyl (C=O) groups excluding carboxylic acids is 2. The van der Waals surface area contributed by atoms with Gasteiger partial charge in [0.1, 0.15) is 23.4 Å². The van der Waals surface area contributed by atoms with Gasteiger partial charge < -0.3 is 14.8 Å². The van der Waals surface area contributed by atoms with E-state index in [9.17, 15) is 22.4 Å². The average Bonchev–Trinajstić information content (AvgIpc) is 3.18. The van der Waals surface area contributed by atoms with E-state index in [4.69, 9.17) is 0 Å². The Balaban J connectivity index is 1.73. The molecule has 1 atom stereocenters. The lowest BCUT2D eigenvalue weighted by Crippen LogP contribution is -2.53. The van der Waals surface area contributed by atoms with Gasteiger partial charge in [-0.1, -0.05) is 13.8 Å². The Kier molecular flexibility index (Phi) is 3.99. The largest absolute Gasteiger partial charge is 0.345 e. The molecule has 2 aromatic heterocycles. The summed E-state index contributed by atoms with van der Waals surface area (Å²) >= 11 is 0. The number of carbonyl (C=O) groups is 2. The number of aromatic nitrogens is 2. The second-order valence-electron chi connectivity index (χ2n) is 7.31. The monoisotopic (exact) mass is 394 g/mol. The molecule has 2 aromatic rings. The molecule has 0 radical (unpaired) electrons. The standard InChI is InChI=1S/C17H19FN4O4S/c1-9(2)14(17(24)21-3-4-27(25,26)8-21)22-7-11-12(18)6-20-15-13(11)10(5-19-15)16(22)23/h5-6,9,14H,3-4,7-8H2,1-2H3,(H,19,20). The molecule has 2 aliphatic heterocycles. The molecule has 1 fully saturated rings. The number of H-pyrrole nitrogens is 1. The van der Waals surface area contributed by atoms with Crippen LogP contribution in [0.15, 0.2) is 12.4 Å². The summed E-state index contributed by atoms with van der Waals surface area (Å²) in [5.74, 6) is -2.07. The Hall–Kier alpha value is -2.49. The van der Waals surface area contributed by atoms with Crippen molar-refractivity contribution in [2.24, 2.45) is 5.92 Å². The van der Waals surface area contributed by atoms with E-state index < -0.39 is 33.5 Å². The number of nitrogens with zero attached hydrogens (tertiary/aromatic N) is 3. The number of amides is 2. The van der Waals surface area contributed by atoms with E-state index in [0.29, 0.717) is 16.6 Å². The lowest BCUT2D eigenvalue weighted by Gasteiger charge is -2.37. The zero-order valence-corrected chi connectivity index (χ0v) is 15.7. The second kappa shape index (κ2) is 6.01. The summed E-state index contributed by atoms with van der Waals surface area (Å²) < 4.78 is 37.9. The first-order valence-corrected chi connectivity index (χ1v) is 10.5. The van der Waals surface area contributed by atoms with Crippen LogP contribution in [0.3, 0.4) is 0 Å². The van der Waals surface area contributed by atoms with Crippen molar-refractivity contribution >= 4 is 32.7 Å². The number of aromatic amines is 1. The minimum Gasteiger partial charge on any atom is -0.345 e. The maximum absolute atomic E-state index is 14.4. The molecular formula is C17H19FN4O4S. The van der Waals surface area contributed by atoms with Gasteiger partial charge in [0.25, 0.3) is 5.91 Å². The molecule has 4 heterocycles. The van der Waals surface area contributed by atoms with Crippen molar-refractivity contribution in [3.05, 3.63) is 29.3 Å². The topological polar surface area (TPSA) is 103 Å². The maximum Gasteiger partial charge on any atom is 0.257 e. The van der Waals surface area contributed by atoms with Crippen LogP contribution >= 0.6 is 0 Å². The minimum absolute atomic E-state index is 0.0658. The molecule has 1 unspecified atom stereocenters. The Morgan fingerprint density at radius 2 is 2.11 bits per heavy atom. The number of hydrogen-bond acceptors (Lipinski definition) is 5. The summed E-state index contributed by atoms with van der Waals surface area (Å²) in [4.78, 5) is 35.5. The van der Waals surface area contributed by atoms with Gasteiger partial charge in [0.2, 0.25) is 5.91 Å². The van der Waals surface area contributed by atoms with Crippen molar-refractivity contribution < 1.29 is 22.4 Å². The number of halogens is 1. The minimum atomic E-state index is -3.29. The van der Waals surface area contributed by atoms with Crippen LogP contribution < -0.4 is 0 Å². The predicted octanol–water partition coefficient (Wildman–Crippen LogP) is 0.897. The van der Waals surface area contributed by atoms with Gasteiger partial charge in [0, 0.05) is 23.7 Å². The van der Waals surface area contributed by atoms with Crippen LogP contribution in [0.2, 0.25) is 0 Å². The highest BCUT2D eigenvalue weighted by Gasteiger charge is 2.42. The van der Waals surface area contributed by atoms with E-state index in [1.807, 2.05) is 0 Å².